The summed E-state index contributed by atoms with van der Waals surface area (Å²) >= 11 is 1.25. The minimum absolute atomic E-state index is 0.0198. The SMILES string of the molecule is CC(Sc1nc2ccccc2c(=O)n1CCCO)C(=O)NC(C)c1ccccc1. The van der Waals surface area contributed by atoms with Crippen LogP contribution in [-0.4, -0.2) is 32.4 Å². The number of aliphatic hydroxyl groups excluding tert-OH is 1. The first-order chi connectivity index (χ1) is 14.0. The fraction of sp³-hybridized carbons (Fsp3) is 0.318. The molecule has 3 aromatic rings. The molecular formula is C22H25N3O3S. The number of fused-ring (bicyclic) bond motifs is 1. The summed E-state index contributed by atoms with van der Waals surface area (Å²) in [5, 5.41) is 12.8. The van der Waals surface area contributed by atoms with Crippen molar-refractivity contribution in [2.45, 2.75) is 43.3 Å². The predicted molar refractivity (Wildman–Crippen MR) is 116 cm³/mol. The number of nitrogens with zero attached hydrogens (tertiary/aromatic N) is 2. The molecule has 29 heavy (non-hydrogen) atoms. The minimum Gasteiger partial charge on any atom is -0.396 e. The van der Waals surface area contributed by atoms with Gasteiger partial charge in [0, 0.05) is 13.2 Å². The molecule has 0 fully saturated rings. The van der Waals surface area contributed by atoms with Crippen molar-refractivity contribution in [2.75, 3.05) is 6.61 Å². The first-order valence-electron chi connectivity index (χ1n) is 9.63. The minimum atomic E-state index is -0.436. The van der Waals surface area contributed by atoms with Gasteiger partial charge in [-0.3, -0.25) is 14.2 Å². The van der Waals surface area contributed by atoms with Gasteiger partial charge in [0.25, 0.3) is 5.56 Å². The largest absolute Gasteiger partial charge is 0.396 e. The summed E-state index contributed by atoms with van der Waals surface area (Å²) in [5.41, 5.74) is 1.48. The zero-order chi connectivity index (χ0) is 20.8. The Bertz CT molecular complexity index is 1040. The van der Waals surface area contributed by atoms with Crippen LogP contribution >= 0.6 is 11.8 Å². The monoisotopic (exact) mass is 411 g/mol. The highest BCUT2D eigenvalue weighted by atomic mass is 32.2. The van der Waals surface area contributed by atoms with E-state index in [1.807, 2.05) is 43.3 Å². The second kappa shape index (κ2) is 9.71. The van der Waals surface area contributed by atoms with Crippen molar-refractivity contribution >= 4 is 28.6 Å². The predicted octanol–water partition coefficient (Wildman–Crippen LogP) is 3.14. The molecule has 152 valence electrons. The molecule has 0 radical (unpaired) electrons. The molecule has 1 heterocycles. The van der Waals surface area contributed by atoms with Gasteiger partial charge >= 0.3 is 0 Å². The molecule has 2 atom stereocenters. The van der Waals surface area contributed by atoms with Crippen LogP contribution in [0.2, 0.25) is 0 Å². The summed E-state index contributed by atoms with van der Waals surface area (Å²) in [6.07, 6.45) is 0.444. The number of rotatable bonds is 8. The fourth-order valence-corrected chi connectivity index (χ4v) is 3.97. The molecule has 6 nitrogen and oxygen atoms in total. The van der Waals surface area contributed by atoms with E-state index in [2.05, 4.69) is 10.3 Å². The number of aromatic nitrogens is 2. The average Bonchev–Trinajstić information content (AvgIpc) is 2.74. The van der Waals surface area contributed by atoms with E-state index in [0.29, 0.717) is 29.0 Å². The number of carbonyl (C=O) groups is 1. The van der Waals surface area contributed by atoms with Crippen LogP contribution in [0, 0.1) is 0 Å². The number of amides is 1. The summed E-state index contributed by atoms with van der Waals surface area (Å²) in [6, 6.07) is 16.8. The van der Waals surface area contributed by atoms with Crippen LogP contribution in [0.15, 0.2) is 64.5 Å². The van der Waals surface area contributed by atoms with Gasteiger partial charge in [0.1, 0.15) is 0 Å². The van der Waals surface area contributed by atoms with Gasteiger partial charge in [-0.05, 0) is 38.0 Å². The number of thioether (sulfide) groups is 1. The molecule has 2 aromatic carbocycles. The van der Waals surface area contributed by atoms with Crippen molar-refractivity contribution < 1.29 is 9.90 Å². The van der Waals surface area contributed by atoms with Gasteiger partial charge in [-0.2, -0.15) is 0 Å². The third-order valence-electron chi connectivity index (χ3n) is 4.68. The Morgan fingerprint density at radius 1 is 1.14 bits per heavy atom. The molecule has 3 rings (SSSR count). The lowest BCUT2D eigenvalue weighted by Crippen LogP contribution is -2.34. The molecule has 0 spiro atoms. The molecule has 0 aliphatic carbocycles. The number of hydrogen-bond acceptors (Lipinski definition) is 5. The van der Waals surface area contributed by atoms with Gasteiger partial charge in [0.05, 0.1) is 22.2 Å². The number of carbonyl (C=O) groups excluding carboxylic acids is 1. The lowest BCUT2D eigenvalue weighted by molar-refractivity contribution is -0.120. The van der Waals surface area contributed by atoms with Crippen molar-refractivity contribution in [3.05, 3.63) is 70.5 Å². The van der Waals surface area contributed by atoms with E-state index in [1.165, 1.54) is 11.8 Å². The second-order valence-corrected chi connectivity index (χ2v) is 8.15. The number of hydrogen-bond donors (Lipinski definition) is 2. The summed E-state index contributed by atoms with van der Waals surface area (Å²) in [5.74, 6) is -0.123. The van der Waals surface area contributed by atoms with E-state index >= 15 is 0 Å². The number of benzene rings is 2. The Morgan fingerprint density at radius 3 is 2.55 bits per heavy atom. The zero-order valence-electron chi connectivity index (χ0n) is 16.5. The molecule has 0 saturated carbocycles. The fourth-order valence-electron chi connectivity index (χ4n) is 3.03. The Morgan fingerprint density at radius 2 is 1.83 bits per heavy atom. The molecule has 0 saturated heterocycles. The highest BCUT2D eigenvalue weighted by Gasteiger charge is 2.21. The van der Waals surface area contributed by atoms with Crippen molar-refractivity contribution in [3.63, 3.8) is 0 Å². The van der Waals surface area contributed by atoms with Crippen LogP contribution in [0.5, 0.6) is 0 Å². The highest BCUT2D eigenvalue weighted by molar-refractivity contribution is 8.00. The standard InChI is InChI=1S/C22H25N3O3S/c1-15(17-9-4-3-5-10-17)23-20(27)16(2)29-22-24-19-12-7-6-11-18(19)21(28)25(22)13-8-14-26/h3-7,9-12,15-16,26H,8,13-14H2,1-2H3,(H,23,27). The van der Waals surface area contributed by atoms with Crippen molar-refractivity contribution in [1.82, 2.24) is 14.9 Å². The van der Waals surface area contributed by atoms with Crippen molar-refractivity contribution in [2.24, 2.45) is 0 Å². The lowest BCUT2D eigenvalue weighted by atomic mass is 10.1. The van der Waals surface area contributed by atoms with Gasteiger partial charge in [-0.1, -0.05) is 54.2 Å². The van der Waals surface area contributed by atoms with Crippen molar-refractivity contribution in [1.29, 1.82) is 0 Å². The number of para-hydroxylation sites is 1. The van der Waals surface area contributed by atoms with E-state index in [0.717, 1.165) is 5.56 Å². The highest BCUT2D eigenvalue weighted by Crippen LogP contribution is 2.24. The normalized spacial score (nSPS) is 13.2. The smallest absolute Gasteiger partial charge is 0.262 e. The van der Waals surface area contributed by atoms with E-state index in [4.69, 9.17) is 0 Å². The number of nitrogens with one attached hydrogen (secondary N) is 1. The Hall–Kier alpha value is -2.64. The van der Waals surface area contributed by atoms with Crippen LogP contribution < -0.4 is 10.9 Å². The summed E-state index contributed by atoms with van der Waals surface area (Å²) in [6.45, 7) is 4.07. The van der Waals surface area contributed by atoms with Gasteiger partial charge < -0.3 is 10.4 Å². The second-order valence-electron chi connectivity index (χ2n) is 6.85. The Labute approximate surface area is 174 Å². The van der Waals surface area contributed by atoms with Crippen molar-refractivity contribution in [3.8, 4) is 0 Å². The topological polar surface area (TPSA) is 84.2 Å². The van der Waals surface area contributed by atoms with Crippen LogP contribution in [0.25, 0.3) is 10.9 Å². The van der Waals surface area contributed by atoms with Gasteiger partial charge in [0.15, 0.2) is 5.16 Å². The van der Waals surface area contributed by atoms with E-state index in [9.17, 15) is 14.7 Å². The summed E-state index contributed by atoms with van der Waals surface area (Å²) in [7, 11) is 0. The quantitative estimate of drug-likeness (QED) is 0.439. The zero-order valence-corrected chi connectivity index (χ0v) is 17.4. The lowest BCUT2D eigenvalue weighted by Gasteiger charge is -2.19. The van der Waals surface area contributed by atoms with E-state index in [1.54, 1.807) is 29.7 Å². The van der Waals surface area contributed by atoms with E-state index in [-0.39, 0.29) is 24.1 Å². The molecule has 0 bridgehead atoms. The Kier molecular flexibility index (Phi) is 7.06. The molecule has 1 amide bonds. The molecule has 0 aliphatic rings. The maximum atomic E-state index is 12.9. The Balaban J connectivity index is 1.82. The van der Waals surface area contributed by atoms with E-state index < -0.39 is 5.25 Å². The maximum Gasteiger partial charge on any atom is 0.262 e. The average molecular weight is 412 g/mol. The van der Waals surface area contributed by atoms with Crippen LogP contribution in [0.1, 0.15) is 31.9 Å². The first kappa shape index (κ1) is 21.1. The summed E-state index contributed by atoms with van der Waals surface area (Å²) in [4.78, 5) is 30.2. The molecular weight excluding hydrogens is 386 g/mol. The molecule has 2 N–H and O–H groups in total. The maximum absolute atomic E-state index is 12.9. The van der Waals surface area contributed by atoms with Gasteiger partial charge in [0.2, 0.25) is 5.91 Å². The molecule has 1 aromatic heterocycles. The third kappa shape index (κ3) is 5.05. The first-order valence-corrected chi connectivity index (χ1v) is 10.5. The molecule has 0 aliphatic heterocycles. The van der Waals surface area contributed by atoms with Crippen LogP contribution in [0.3, 0.4) is 0 Å². The van der Waals surface area contributed by atoms with Gasteiger partial charge in [-0.25, -0.2) is 4.98 Å². The summed E-state index contributed by atoms with van der Waals surface area (Å²) < 4.78 is 1.55. The molecule has 2 unspecified atom stereocenters. The molecule has 7 heteroatoms. The van der Waals surface area contributed by atoms with Crippen LogP contribution in [0.4, 0.5) is 0 Å². The van der Waals surface area contributed by atoms with Gasteiger partial charge in [-0.15, -0.1) is 0 Å². The van der Waals surface area contributed by atoms with Crippen LogP contribution in [-0.2, 0) is 11.3 Å². The number of aliphatic hydroxyl groups is 1. The third-order valence-corrected chi connectivity index (χ3v) is 5.77.